The van der Waals surface area contributed by atoms with Crippen LogP contribution < -0.4 is 9.47 Å². The first kappa shape index (κ1) is 50.8. The van der Waals surface area contributed by atoms with E-state index in [1.165, 1.54) is 24.3 Å². The van der Waals surface area contributed by atoms with Crippen LogP contribution in [0.5, 0.6) is 17.2 Å². The molecule has 2 N–H and O–H groups in total. The van der Waals surface area contributed by atoms with E-state index in [-0.39, 0.29) is 74.6 Å². The van der Waals surface area contributed by atoms with E-state index >= 15 is 4.79 Å². The number of nitro groups is 1. The van der Waals surface area contributed by atoms with Crippen LogP contribution in [-0.2, 0) is 27.5 Å². The van der Waals surface area contributed by atoms with Crippen molar-refractivity contribution in [2.45, 2.75) is 119 Å². The largest absolute Gasteiger partial charge is 0.459 e. The smallest absolute Gasteiger partial charge is 0.269 e. The van der Waals surface area contributed by atoms with Crippen molar-refractivity contribution < 1.29 is 43.4 Å². The lowest BCUT2D eigenvalue weighted by Gasteiger charge is -2.60. The predicted molar refractivity (Wildman–Crippen MR) is 269 cm³/mol. The van der Waals surface area contributed by atoms with Gasteiger partial charge in [-0.2, -0.15) is 0 Å². The Labute approximate surface area is 415 Å². The summed E-state index contributed by atoms with van der Waals surface area (Å²) in [5.41, 5.74) is 3.85. The number of hydrogen-bond acceptors (Lipinski definition) is 11. The van der Waals surface area contributed by atoms with Gasteiger partial charge in [-0.05, 0) is 140 Å². The van der Waals surface area contributed by atoms with E-state index in [0.717, 1.165) is 79.4 Å². The molecule has 0 aromatic heterocycles. The van der Waals surface area contributed by atoms with Crippen LogP contribution in [0.25, 0.3) is 0 Å². The number of halogens is 1. The predicted octanol–water partition coefficient (Wildman–Crippen LogP) is 12.1. The summed E-state index contributed by atoms with van der Waals surface area (Å²) < 4.78 is 35.8. The summed E-state index contributed by atoms with van der Waals surface area (Å²) in [6, 6.07) is 25.5. The molecule has 4 aromatic rings. The first-order valence-corrected chi connectivity index (χ1v) is 26.2. The number of allylic oxidation sites excluding steroid dienone is 1. The van der Waals surface area contributed by atoms with Crippen LogP contribution in [0.15, 0.2) is 125 Å². The molecule has 14 heteroatoms. The first-order chi connectivity index (χ1) is 34.1. The minimum atomic E-state index is -1.49. The second-order valence-electron chi connectivity index (χ2n) is 19.1. The van der Waals surface area contributed by atoms with Gasteiger partial charge in [0.1, 0.15) is 35.7 Å². The highest BCUT2D eigenvalue weighted by Crippen LogP contribution is 2.62. The molecule has 12 nitrogen and oxygen atoms in total. The summed E-state index contributed by atoms with van der Waals surface area (Å²) in [5, 5.41) is 36.5. The fraction of sp³-hybridized carbons (Fsp3) is 0.464. The number of ether oxygens (including phenoxy) is 3. The Morgan fingerprint density at radius 1 is 0.943 bits per heavy atom. The number of hydrogen-bond donors (Lipinski definition) is 2. The maximum absolute atomic E-state index is 15.3. The number of carbonyl (C=O) groups excluding carboxylic acids is 1. The SMILES string of the molecule is C=CCOC12Oc3ccc(Oc4ccc(SC)cc4)cc3C3C(CCCCO)C(CCCCO)C=C(C(=NOCc4ccc([N+](=O)[O-])cc4)CC1N(Cc1ccc(F)cc1)C(=O)CCC1CCCC1)C32. The molecule has 0 bridgehead atoms. The number of fused-ring (bicyclic) bond motifs is 2. The number of nitro benzene ring substituents is 1. The minimum absolute atomic E-state index is 0.00546. The molecule has 1 amide bonds. The zero-order valence-electron chi connectivity index (χ0n) is 40.1. The third-order valence-electron chi connectivity index (χ3n) is 14.7. The molecule has 4 aliphatic rings. The Hall–Kier alpha value is -5.54. The van der Waals surface area contributed by atoms with Crippen LogP contribution >= 0.6 is 11.8 Å². The van der Waals surface area contributed by atoms with Crippen LogP contribution in [0.3, 0.4) is 0 Å². The lowest BCUT2D eigenvalue weighted by molar-refractivity contribution is -0.384. The van der Waals surface area contributed by atoms with Gasteiger partial charge in [0.25, 0.3) is 5.69 Å². The summed E-state index contributed by atoms with van der Waals surface area (Å²) >= 11 is 1.66. The molecule has 4 aromatic carbocycles. The van der Waals surface area contributed by atoms with Gasteiger partial charge < -0.3 is 34.2 Å². The Kier molecular flexibility index (Phi) is 17.5. The van der Waals surface area contributed by atoms with Gasteiger partial charge in [0.05, 0.1) is 23.2 Å². The molecule has 1 heterocycles. The van der Waals surface area contributed by atoms with Crippen molar-refractivity contribution in [2.75, 3.05) is 26.1 Å². The van der Waals surface area contributed by atoms with Gasteiger partial charge in [0.15, 0.2) is 0 Å². The summed E-state index contributed by atoms with van der Waals surface area (Å²) in [6.07, 6.45) is 16.1. The van der Waals surface area contributed by atoms with Gasteiger partial charge in [-0.3, -0.25) is 14.9 Å². The number of oxime groups is 1. The molecule has 0 radical (unpaired) electrons. The molecule has 1 aliphatic heterocycles. The fourth-order valence-electron chi connectivity index (χ4n) is 11.3. The zero-order chi connectivity index (χ0) is 49.0. The normalized spacial score (nSPS) is 23.2. The molecular formula is C56H66FN3O9S. The zero-order valence-corrected chi connectivity index (χ0v) is 40.9. The van der Waals surface area contributed by atoms with Crippen molar-refractivity contribution in [3.63, 3.8) is 0 Å². The van der Waals surface area contributed by atoms with Crippen LogP contribution in [0, 0.1) is 39.6 Å². The number of unbranched alkanes of at least 4 members (excludes halogenated alkanes) is 2. The van der Waals surface area contributed by atoms with E-state index in [1.54, 1.807) is 42.1 Å². The second-order valence-corrected chi connectivity index (χ2v) is 20.0. The van der Waals surface area contributed by atoms with E-state index in [1.807, 2.05) is 47.6 Å². The number of carbonyl (C=O) groups is 1. The molecule has 8 rings (SSSR count). The first-order valence-electron chi connectivity index (χ1n) is 24.9. The third-order valence-corrected chi connectivity index (χ3v) is 15.4. The van der Waals surface area contributed by atoms with Crippen molar-refractivity contribution in [3.8, 4) is 17.2 Å². The molecule has 372 valence electrons. The van der Waals surface area contributed by atoms with E-state index in [4.69, 9.17) is 24.2 Å². The molecule has 3 aliphatic carbocycles. The number of aliphatic hydroxyl groups excluding tert-OH is 2. The van der Waals surface area contributed by atoms with Crippen molar-refractivity contribution in [2.24, 2.45) is 28.8 Å². The van der Waals surface area contributed by atoms with E-state index in [0.29, 0.717) is 53.7 Å². The number of amides is 1. The number of nitrogens with zero attached hydrogens (tertiary/aromatic N) is 3. The van der Waals surface area contributed by atoms with Gasteiger partial charge in [-0.1, -0.05) is 68.0 Å². The van der Waals surface area contributed by atoms with Gasteiger partial charge in [-0.15, -0.1) is 18.3 Å². The molecule has 0 spiro atoms. The van der Waals surface area contributed by atoms with Crippen molar-refractivity contribution >= 4 is 29.1 Å². The highest BCUT2D eigenvalue weighted by atomic mass is 32.2. The number of benzene rings is 4. The standard InChI is InChI=1S/C56H66FN3O9S/c1-3-32-66-56-52(59(36-39-14-19-42(57)20-15-39)53(63)29-18-38-10-4-5-11-38)35-50(58-67-37-40-16-21-43(22-17-40)60(64)65)48-33-41(12-6-8-30-61)47(13-7-9-31-62)54(55(48)56)49-34-45(25-28-51(49)69-56)68-44-23-26-46(70-2)27-24-44/h3,14-17,19-28,33-34,38,41,47,52,54-55,61-62H,1,4-13,18,29-32,35-37H2,2H3. The monoisotopic (exact) mass is 975 g/mol. The quantitative estimate of drug-likeness (QED) is 0.0228. The van der Waals surface area contributed by atoms with Crippen LogP contribution in [-0.4, -0.2) is 69.6 Å². The molecule has 70 heavy (non-hydrogen) atoms. The number of aliphatic hydroxyl groups is 2. The highest BCUT2D eigenvalue weighted by molar-refractivity contribution is 7.98. The molecule has 2 saturated carbocycles. The van der Waals surface area contributed by atoms with Gasteiger partial charge in [-0.25, -0.2) is 4.39 Å². The van der Waals surface area contributed by atoms with Crippen LogP contribution in [0.4, 0.5) is 10.1 Å². The average Bonchev–Trinajstić information content (AvgIpc) is 3.91. The van der Waals surface area contributed by atoms with E-state index in [2.05, 4.69) is 18.7 Å². The highest BCUT2D eigenvalue weighted by Gasteiger charge is 2.65. The Morgan fingerprint density at radius 3 is 2.33 bits per heavy atom. The van der Waals surface area contributed by atoms with Gasteiger partial charge >= 0.3 is 0 Å². The lowest BCUT2D eigenvalue weighted by Crippen LogP contribution is -2.70. The number of non-ortho nitro benzene ring substituents is 1. The summed E-state index contributed by atoms with van der Waals surface area (Å²) in [4.78, 5) is 35.5. The Bertz CT molecular complexity index is 2460. The summed E-state index contributed by atoms with van der Waals surface area (Å²) in [5.74, 6) is -0.376. The van der Waals surface area contributed by atoms with E-state index < -0.39 is 22.7 Å². The maximum Gasteiger partial charge on any atom is 0.269 e. The van der Waals surface area contributed by atoms with Crippen LogP contribution in [0.2, 0.25) is 0 Å². The summed E-state index contributed by atoms with van der Waals surface area (Å²) in [6.45, 7) is 4.50. The lowest BCUT2D eigenvalue weighted by atomic mass is 9.55. The Balaban J connectivity index is 1.31. The molecule has 2 fully saturated rings. The van der Waals surface area contributed by atoms with Crippen molar-refractivity contribution in [3.05, 3.63) is 148 Å². The molecule has 6 atom stereocenters. The Morgan fingerprint density at radius 2 is 1.64 bits per heavy atom. The van der Waals surface area contributed by atoms with Gasteiger partial charge in [0.2, 0.25) is 11.7 Å². The average molecular weight is 976 g/mol. The molecular weight excluding hydrogens is 910 g/mol. The fourth-order valence-corrected chi connectivity index (χ4v) is 11.7. The molecule has 0 saturated heterocycles. The maximum atomic E-state index is 15.3. The number of rotatable bonds is 24. The van der Waals surface area contributed by atoms with E-state index in [9.17, 15) is 24.7 Å². The van der Waals surface area contributed by atoms with Crippen molar-refractivity contribution in [1.29, 1.82) is 0 Å². The summed E-state index contributed by atoms with van der Waals surface area (Å²) in [7, 11) is 0. The van der Waals surface area contributed by atoms with Crippen LogP contribution in [0.1, 0.15) is 106 Å². The van der Waals surface area contributed by atoms with Gasteiger partial charge in [0, 0.05) is 61.1 Å². The minimum Gasteiger partial charge on any atom is -0.459 e. The third kappa shape index (κ3) is 11.8. The second kappa shape index (κ2) is 24.0. The number of thioether (sulfide) groups is 1. The molecule has 6 unspecified atom stereocenters. The van der Waals surface area contributed by atoms with Crippen molar-refractivity contribution in [1.82, 2.24) is 4.90 Å². The topological polar surface area (TPSA) is 153 Å².